The molecule has 0 fully saturated rings. The van der Waals surface area contributed by atoms with Gasteiger partial charge in [-0.25, -0.2) is 19.9 Å². The third-order valence-corrected chi connectivity index (χ3v) is 5.11. The van der Waals surface area contributed by atoms with E-state index in [0.717, 1.165) is 26.2 Å². The molecule has 0 unspecified atom stereocenters. The van der Waals surface area contributed by atoms with Crippen molar-refractivity contribution < 1.29 is 4.79 Å². The van der Waals surface area contributed by atoms with Gasteiger partial charge in [0.05, 0.1) is 12.1 Å². The largest absolute Gasteiger partial charge is 0.383 e. The van der Waals surface area contributed by atoms with Crippen molar-refractivity contribution in [2.75, 3.05) is 11.1 Å². The van der Waals surface area contributed by atoms with E-state index in [4.69, 9.17) is 11.5 Å². The number of carbonyl (C=O) groups excluding carboxylic acids is 1. The number of thiophene rings is 1. The zero-order valence-electron chi connectivity index (χ0n) is 14.1. The Bertz CT molecular complexity index is 1140. The average molecular weight is 377 g/mol. The van der Waals surface area contributed by atoms with Gasteiger partial charge >= 0.3 is 0 Å². The second-order valence-electron chi connectivity index (χ2n) is 5.73. The van der Waals surface area contributed by atoms with E-state index in [9.17, 15) is 4.79 Å². The number of nitrogen functional groups attached to an aromatic ring is 1. The minimum Gasteiger partial charge on any atom is -0.383 e. The summed E-state index contributed by atoms with van der Waals surface area (Å²) in [5, 5.41) is 3.94. The molecular weight excluding hydrogens is 362 g/mol. The summed E-state index contributed by atoms with van der Waals surface area (Å²) in [5.41, 5.74) is 13.2. The number of nitrogens with two attached hydrogens (primary N) is 2. The summed E-state index contributed by atoms with van der Waals surface area (Å²) in [4.78, 5) is 29.9. The predicted octanol–water partition coefficient (Wildman–Crippen LogP) is 2.44. The quantitative estimate of drug-likeness (QED) is 0.486. The van der Waals surface area contributed by atoms with Crippen LogP contribution in [0.15, 0.2) is 49.1 Å². The fourth-order valence-electron chi connectivity index (χ4n) is 2.68. The molecule has 1 amide bonds. The summed E-state index contributed by atoms with van der Waals surface area (Å²) in [6.07, 6.45) is 4.40. The standard InChI is InChI=1S/C18H15N7OS/c19-16-12-7-10(1-3-13(12)24-9-25-16)14-4-2-11(27-14)8-23-18-15(17(20)26)21-5-6-22-18/h1-7,9H,8H2,(H2,20,26)(H,22,23)(H2,19,24,25). The van der Waals surface area contributed by atoms with Crippen LogP contribution >= 0.6 is 11.3 Å². The fraction of sp³-hybridized carbons (Fsp3) is 0.0556. The lowest BCUT2D eigenvalue weighted by Crippen LogP contribution is -2.17. The minimum absolute atomic E-state index is 0.124. The van der Waals surface area contributed by atoms with Crippen molar-refractivity contribution in [2.24, 2.45) is 5.73 Å². The maximum absolute atomic E-state index is 11.4. The van der Waals surface area contributed by atoms with E-state index in [2.05, 4.69) is 25.3 Å². The summed E-state index contributed by atoms with van der Waals surface area (Å²) in [5.74, 6) is 0.214. The molecule has 0 radical (unpaired) electrons. The lowest BCUT2D eigenvalue weighted by Gasteiger charge is -2.06. The molecule has 4 rings (SSSR count). The Balaban J connectivity index is 1.56. The maximum Gasteiger partial charge on any atom is 0.271 e. The van der Waals surface area contributed by atoms with Crippen molar-refractivity contribution in [3.8, 4) is 10.4 Å². The first-order chi connectivity index (χ1) is 13.1. The zero-order valence-corrected chi connectivity index (χ0v) is 14.9. The van der Waals surface area contributed by atoms with E-state index in [0.29, 0.717) is 18.2 Å². The number of nitrogens with zero attached hydrogens (tertiary/aromatic N) is 4. The van der Waals surface area contributed by atoms with E-state index in [1.807, 2.05) is 30.3 Å². The number of rotatable bonds is 5. The summed E-state index contributed by atoms with van der Waals surface area (Å²) < 4.78 is 0. The molecule has 0 aliphatic heterocycles. The summed E-state index contributed by atoms with van der Waals surface area (Å²) >= 11 is 1.63. The number of carbonyl (C=O) groups is 1. The van der Waals surface area contributed by atoms with Crippen molar-refractivity contribution in [2.45, 2.75) is 6.54 Å². The molecule has 9 heteroatoms. The predicted molar refractivity (Wildman–Crippen MR) is 105 cm³/mol. The number of fused-ring (bicyclic) bond motifs is 1. The number of amides is 1. The molecule has 1 aromatic carbocycles. The van der Waals surface area contributed by atoms with Crippen molar-refractivity contribution in [1.82, 2.24) is 19.9 Å². The van der Waals surface area contributed by atoms with Crippen molar-refractivity contribution in [1.29, 1.82) is 0 Å². The number of hydrogen-bond acceptors (Lipinski definition) is 8. The van der Waals surface area contributed by atoms with E-state index < -0.39 is 5.91 Å². The highest BCUT2D eigenvalue weighted by Gasteiger charge is 2.11. The second-order valence-corrected chi connectivity index (χ2v) is 6.90. The van der Waals surface area contributed by atoms with Gasteiger partial charge in [0.2, 0.25) is 0 Å². The van der Waals surface area contributed by atoms with Gasteiger partial charge in [0.25, 0.3) is 5.91 Å². The van der Waals surface area contributed by atoms with Gasteiger partial charge < -0.3 is 16.8 Å². The monoisotopic (exact) mass is 377 g/mol. The number of nitrogens with one attached hydrogen (secondary N) is 1. The summed E-state index contributed by atoms with van der Waals surface area (Å²) in [6.45, 7) is 0.502. The van der Waals surface area contributed by atoms with Gasteiger partial charge in [-0.3, -0.25) is 4.79 Å². The minimum atomic E-state index is -0.617. The smallest absolute Gasteiger partial charge is 0.271 e. The molecular formula is C18H15N7OS. The Morgan fingerprint density at radius 2 is 1.93 bits per heavy atom. The van der Waals surface area contributed by atoms with Gasteiger partial charge in [-0.1, -0.05) is 6.07 Å². The highest BCUT2D eigenvalue weighted by Crippen LogP contribution is 2.31. The van der Waals surface area contributed by atoms with Crippen LogP contribution in [0.5, 0.6) is 0 Å². The molecule has 134 valence electrons. The number of benzene rings is 1. The number of aromatic nitrogens is 4. The van der Waals surface area contributed by atoms with Crippen LogP contribution in [0.3, 0.4) is 0 Å². The van der Waals surface area contributed by atoms with E-state index in [1.165, 1.54) is 18.7 Å². The van der Waals surface area contributed by atoms with Gasteiger partial charge in [0.1, 0.15) is 12.1 Å². The van der Waals surface area contributed by atoms with Crippen molar-refractivity contribution >= 4 is 39.8 Å². The van der Waals surface area contributed by atoms with E-state index in [-0.39, 0.29) is 5.69 Å². The SMILES string of the molecule is NC(=O)c1nccnc1NCc1ccc(-c2ccc3ncnc(N)c3c2)s1. The molecule has 5 N–H and O–H groups in total. The third kappa shape index (κ3) is 3.40. The summed E-state index contributed by atoms with van der Waals surface area (Å²) in [7, 11) is 0. The molecule has 0 saturated carbocycles. The zero-order chi connectivity index (χ0) is 18.8. The van der Waals surface area contributed by atoms with Crippen LogP contribution in [0, 0.1) is 0 Å². The molecule has 8 nitrogen and oxygen atoms in total. The van der Waals surface area contributed by atoms with Crippen LogP contribution in [0.1, 0.15) is 15.4 Å². The molecule has 3 heterocycles. The van der Waals surface area contributed by atoms with Crippen LogP contribution in [0.25, 0.3) is 21.3 Å². The molecule has 0 atom stereocenters. The number of hydrogen-bond donors (Lipinski definition) is 3. The van der Waals surface area contributed by atoms with Crippen molar-refractivity contribution in [3.63, 3.8) is 0 Å². The van der Waals surface area contributed by atoms with Crippen LogP contribution in [0.4, 0.5) is 11.6 Å². The van der Waals surface area contributed by atoms with Crippen LogP contribution < -0.4 is 16.8 Å². The number of primary amides is 1. The fourth-order valence-corrected chi connectivity index (χ4v) is 3.62. The van der Waals surface area contributed by atoms with Gasteiger partial charge in [0.15, 0.2) is 11.5 Å². The van der Waals surface area contributed by atoms with Crippen LogP contribution in [-0.4, -0.2) is 25.8 Å². The van der Waals surface area contributed by atoms with E-state index >= 15 is 0 Å². The highest BCUT2D eigenvalue weighted by atomic mass is 32.1. The number of anilines is 2. The molecule has 4 aromatic rings. The highest BCUT2D eigenvalue weighted by molar-refractivity contribution is 7.15. The maximum atomic E-state index is 11.4. The Morgan fingerprint density at radius 3 is 2.78 bits per heavy atom. The Hall–Kier alpha value is -3.59. The van der Waals surface area contributed by atoms with Gasteiger partial charge in [-0.05, 0) is 29.8 Å². The molecule has 27 heavy (non-hydrogen) atoms. The second kappa shape index (κ2) is 6.96. The topological polar surface area (TPSA) is 133 Å². The normalized spacial score (nSPS) is 10.8. The molecule has 0 aliphatic carbocycles. The van der Waals surface area contributed by atoms with Gasteiger partial charge in [0, 0.05) is 27.5 Å². The average Bonchev–Trinajstić information content (AvgIpc) is 3.16. The first-order valence-corrected chi connectivity index (χ1v) is 8.87. The molecule has 0 spiro atoms. The third-order valence-electron chi connectivity index (χ3n) is 3.97. The van der Waals surface area contributed by atoms with Crippen LogP contribution in [0.2, 0.25) is 0 Å². The van der Waals surface area contributed by atoms with Gasteiger partial charge in [-0.2, -0.15) is 0 Å². The van der Waals surface area contributed by atoms with E-state index in [1.54, 1.807) is 11.3 Å². The first-order valence-electron chi connectivity index (χ1n) is 8.06. The van der Waals surface area contributed by atoms with Crippen LogP contribution in [-0.2, 0) is 6.54 Å². The molecule has 0 aliphatic rings. The molecule has 0 bridgehead atoms. The summed E-state index contributed by atoms with van der Waals surface area (Å²) in [6, 6.07) is 9.98. The Morgan fingerprint density at radius 1 is 1.07 bits per heavy atom. The molecule has 3 aromatic heterocycles. The Kier molecular flexibility index (Phi) is 4.35. The first kappa shape index (κ1) is 16.9. The lowest BCUT2D eigenvalue weighted by molar-refractivity contribution is 0.0996. The lowest BCUT2D eigenvalue weighted by atomic mass is 10.1. The Labute approximate surface area is 158 Å². The van der Waals surface area contributed by atoms with Gasteiger partial charge in [-0.15, -0.1) is 11.3 Å². The van der Waals surface area contributed by atoms with Crippen molar-refractivity contribution in [3.05, 3.63) is 59.6 Å². The molecule has 0 saturated heterocycles.